The van der Waals surface area contributed by atoms with Gasteiger partial charge in [-0.25, -0.2) is 9.99 Å². The van der Waals surface area contributed by atoms with Crippen LogP contribution in [0, 0.1) is 0 Å². The first-order chi connectivity index (χ1) is 13.7. The molecule has 28 heavy (non-hydrogen) atoms. The maximum absolute atomic E-state index is 13.1. The van der Waals surface area contributed by atoms with Crippen molar-refractivity contribution in [3.63, 3.8) is 0 Å². The molecule has 1 aliphatic rings. The number of rotatable bonds is 3. The molecule has 2 aromatic heterocycles. The van der Waals surface area contributed by atoms with E-state index in [1.165, 1.54) is 11.3 Å². The third kappa shape index (κ3) is 3.06. The normalized spacial score (nSPS) is 16.5. The summed E-state index contributed by atoms with van der Waals surface area (Å²) in [5.74, 6) is 0.644. The third-order valence-electron chi connectivity index (χ3n) is 4.73. The van der Waals surface area contributed by atoms with Crippen molar-refractivity contribution in [2.24, 2.45) is 5.10 Å². The number of nitrogens with one attached hydrogen (secondary N) is 1. The van der Waals surface area contributed by atoms with E-state index in [2.05, 4.69) is 20.9 Å². The van der Waals surface area contributed by atoms with E-state index in [0.29, 0.717) is 11.3 Å². The van der Waals surface area contributed by atoms with E-state index in [0.717, 1.165) is 32.6 Å². The molecule has 7 heteroatoms. The molecule has 0 saturated carbocycles. The molecule has 138 valence electrons. The number of carbonyl (C=O) groups excluding carboxylic acids is 1. The number of H-pyrrole nitrogens is 1. The molecule has 2 aromatic carbocycles. The van der Waals surface area contributed by atoms with Gasteiger partial charge in [-0.1, -0.05) is 46.3 Å². The minimum Gasteiger partial charge on any atom is -0.340 e. The van der Waals surface area contributed by atoms with Gasteiger partial charge in [0.2, 0.25) is 0 Å². The highest BCUT2D eigenvalue weighted by Crippen LogP contribution is 2.34. The van der Waals surface area contributed by atoms with Crippen LogP contribution in [-0.2, 0) is 0 Å². The van der Waals surface area contributed by atoms with Gasteiger partial charge in [-0.2, -0.15) is 5.10 Å². The van der Waals surface area contributed by atoms with E-state index in [9.17, 15) is 4.79 Å². The monoisotopic (exact) mass is 450 g/mol. The quantitative estimate of drug-likeness (QED) is 0.455. The number of imidazole rings is 1. The van der Waals surface area contributed by atoms with Gasteiger partial charge in [0, 0.05) is 10.9 Å². The molecule has 1 aliphatic heterocycles. The number of nitrogens with zero attached hydrogens (tertiary/aromatic N) is 3. The molecule has 0 fully saturated rings. The van der Waals surface area contributed by atoms with Crippen LogP contribution in [0.15, 0.2) is 75.6 Å². The standard InChI is InChI=1S/C21H15BrN4OS/c22-14-6-3-5-13(11-14)17-12-18(20-23-15-7-1-2-8-16(15)24-20)26(25-17)21(27)19-9-4-10-28-19/h1-11,18H,12H2,(H,23,24)/t18-/m1/s1. The molecule has 1 atom stereocenters. The van der Waals surface area contributed by atoms with Crippen LogP contribution in [0.5, 0.6) is 0 Å². The van der Waals surface area contributed by atoms with Gasteiger partial charge in [0.05, 0.1) is 21.6 Å². The van der Waals surface area contributed by atoms with Crippen LogP contribution in [0.1, 0.15) is 33.5 Å². The number of aromatic nitrogens is 2. The van der Waals surface area contributed by atoms with E-state index in [1.54, 1.807) is 5.01 Å². The van der Waals surface area contributed by atoms with Gasteiger partial charge in [-0.15, -0.1) is 11.3 Å². The Kier molecular flexibility index (Phi) is 4.33. The second-order valence-corrected chi connectivity index (χ2v) is 8.41. The van der Waals surface area contributed by atoms with Gasteiger partial charge in [0.25, 0.3) is 5.91 Å². The number of fused-ring (bicyclic) bond motifs is 1. The van der Waals surface area contributed by atoms with Crippen LogP contribution >= 0.6 is 27.3 Å². The van der Waals surface area contributed by atoms with E-state index in [4.69, 9.17) is 10.1 Å². The predicted molar refractivity (Wildman–Crippen MR) is 115 cm³/mol. The molecule has 0 unspecified atom stereocenters. The van der Waals surface area contributed by atoms with E-state index in [1.807, 2.05) is 66.0 Å². The fourth-order valence-electron chi connectivity index (χ4n) is 3.40. The van der Waals surface area contributed by atoms with E-state index >= 15 is 0 Å². The molecule has 1 N–H and O–H groups in total. The van der Waals surface area contributed by atoms with Gasteiger partial charge < -0.3 is 4.98 Å². The summed E-state index contributed by atoms with van der Waals surface area (Å²) in [4.78, 5) is 21.9. The van der Waals surface area contributed by atoms with Crippen molar-refractivity contribution in [2.45, 2.75) is 12.5 Å². The molecule has 0 bridgehead atoms. The lowest BCUT2D eigenvalue weighted by atomic mass is 10.0. The van der Waals surface area contributed by atoms with Crippen LogP contribution in [0.25, 0.3) is 11.0 Å². The molecule has 3 heterocycles. The van der Waals surface area contributed by atoms with Crippen molar-refractivity contribution in [3.8, 4) is 0 Å². The topological polar surface area (TPSA) is 61.4 Å². The molecule has 5 nitrogen and oxygen atoms in total. The highest BCUT2D eigenvalue weighted by atomic mass is 79.9. The highest BCUT2D eigenvalue weighted by Gasteiger charge is 2.36. The summed E-state index contributed by atoms with van der Waals surface area (Å²) in [6, 6.07) is 19.3. The molecule has 1 amide bonds. The third-order valence-corrected chi connectivity index (χ3v) is 6.08. The minimum absolute atomic E-state index is 0.106. The molecular weight excluding hydrogens is 436 g/mol. The van der Waals surface area contributed by atoms with Crippen molar-refractivity contribution >= 4 is 49.9 Å². The van der Waals surface area contributed by atoms with Gasteiger partial charge in [0.15, 0.2) is 0 Å². The zero-order valence-corrected chi connectivity index (χ0v) is 17.1. The molecular formula is C21H15BrN4OS. The highest BCUT2D eigenvalue weighted by molar-refractivity contribution is 9.10. The Morgan fingerprint density at radius 3 is 2.82 bits per heavy atom. The molecule has 5 rings (SSSR count). The van der Waals surface area contributed by atoms with Crippen molar-refractivity contribution in [3.05, 3.63) is 86.8 Å². The van der Waals surface area contributed by atoms with Gasteiger partial charge >= 0.3 is 0 Å². The molecule has 0 aliphatic carbocycles. The number of aromatic amines is 1. The molecule has 0 radical (unpaired) electrons. The number of halogens is 1. The Morgan fingerprint density at radius 1 is 1.14 bits per heavy atom. The number of para-hydroxylation sites is 2. The van der Waals surface area contributed by atoms with E-state index < -0.39 is 0 Å². The largest absolute Gasteiger partial charge is 0.340 e. The number of hydrazone groups is 1. The fourth-order valence-corrected chi connectivity index (χ4v) is 4.45. The van der Waals surface area contributed by atoms with Crippen molar-refractivity contribution in [1.82, 2.24) is 15.0 Å². The summed E-state index contributed by atoms with van der Waals surface area (Å²) >= 11 is 4.94. The number of carbonyl (C=O) groups is 1. The lowest BCUT2D eigenvalue weighted by Crippen LogP contribution is -2.27. The van der Waals surface area contributed by atoms with Crippen molar-refractivity contribution in [2.75, 3.05) is 0 Å². The van der Waals surface area contributed by atoms with Crippen LogP contribution in [0.3, 0.4) is 0 Å². The maximum Gasteiger partial charge on any atom is 0.284 e. The Balaban J connectivity index is 1.57. The van der Waals surface area contributed by atoms with Gasteiger partial charge in [-0.3, -0.25) is 4.79 Å². The average Bonchev–Trinajstić information content (AvgIpc) is 3.46. The van der Waals surface area contributed by atoms with Gasteiger partial charge in [-0.05, 0) is 41.3 Å². The van der Waals surface area contributed by atoms with Crippen LogP contribution < -0.4 is 0 Å². The second kappa shape index (κ2) is 7.00. The van der Waals surface area contributed by atoms with Crippen LogP contribution in [0.2, 0.25) is 0 Å². The minimum atomic E-state index is -0.268. The second-order valence-electron chi connectivity index (χ2n) is 6.54. The summed E-state index contributed by atoms with van der Waals surface area (Å²) in [7, 11) is 0. The van der Waals surface area contributed by atoms with Crippen LogP contribution in [0.4, 0.5) is 0 Å². The Labute approximate surface area is 173 Å². The lowest BCUT2D eigenvalue weighted by Gasteiger charge is -2.19. The zero-order chi connectivity index (χ0) is 19.1. The average molecular weight is 451 g/mol. The SMILES string of the molecule is O=C(c1cccs1)N1N=C(c2cccc(Br)c2)C[C@@H]1c1nc2ccccc2[nH]1. The van der Waals surface area contributed by atoms with Crippen LogP contribution in [-0.4, -0.2) is 26.6 Å². The number of hydrogen-bond donors (Lipinski definition) is 1. The first kappa shape index (κ1) is 17.3. The maximum atomic E-state index is 13.1. The van der Waals surface area contributed by atoms with E-state index in [-0.39, 0.29) is 11.9 Å². The Morgan fingerprint density at radius 2 is 2.04 bits per heavy atom. The van der Waals surface area contributed by atoms with Gasteiger partial charge in [0.1, 0.15) is 11.9 Å². The molecule has 0 saturated heterocycles. The summed E-state index contributed by atoms with van der Waals surface area (Å²) < 4.78 is 0.982. The van der Waals surface area contributed by atoms with Crippen molar-refractivity contribution < 1.29 is 4.79 Å². The lowest BCUT2D eigenvalue weighted by molar-refractivity contribution is 0.0710. The summed E-state index contributed by atoms with van der Waals surface area (Å²) in [5, 5.41) is 8.18. The zero-order valence-electron chi connectivity index (χ0n) is 14.7. The first-order valence-electron chi connectivity index (χ1n) is 8.84. The number of thiophene rings is 1. The van der Waals surface area contributed by atoms with Crippen molar-refractivity contribution in [1.29, 1.82) is 0 Å². The summed E-state index contributed by atoms with van der Waals surface area (Å²) in [6.07, 6.45) is 0.605. The number of hydrogen-bond acceptors (Lipinski definition) is 4. The summed E-state index contributed by atoms with van der Waals surface area (Å²) in [6.45, 7) is 0. The fraction of sp³-hybridized carbons (Fsp3) is 0.0952. The summed E-state index contributed by atoms with van der Waals surface area (Å²) in [5.41, 5.74) is 3.71. The molecule has 0 spiro atoms. The predicted octanol–water partition coefficient (Wildman–Crippen LogP) is 5.38. The first-order valence-corrected chi connectivity index (χ1v) is 10.5. The Hall–Kier alpha value is -2.77. The Bertz CT molecular complexity index is 1170. The molecule has 4 aromatic rings. The number of amides is 1. The number of benzene rings is 2. The smallest absolute Gasteiger partial charge is 0.284 e.